The number of hydrogen-bond donors (Lipinski definition) is 2. The van der Waals surface area contributed by atoms with Crippen molar-refractivity contribution in [3.63, 3.8) is 0 Å². The Morgan fingerprint density at radius 2 is 1.64 bits per heavy atom. The molecule has 2 amide bonds. The maximum Gasteiger partial charge on any atom is 0.241 e. The number of carbonyl (C=O) groups excluding carboxylic acids is 2. The summed E-state index contributed by atoms with van der Waals surface area (Å²) in [7, 11) is 0. The fraction of sp³-hybridized carbons (Fsp3) is 0.636. The first-order valence-corrected chi connectivity index (χ1v) is 10.6. The van der Waals surface area contributed by atoms with Gasteiger partial charge < -0.3 is 9.80 Å². The first kappa shape index (κ1) is 20.8. The zero-order valence-electron chi connectivity index (χ0n) is 17.6. The molecule has 0 radical (unpaired) electrons. The fourth-order valence-corrected chi connectivity index (χ4v) is 4.18. The van der Waals surface area contributed by atoms with Gasteiger partial charge >= 0.3 is 0 Å². The van der Waals surface area contributed by atoms with Crippen molar-refractivity contribution in [1.82, 2.24) is 20.7 Å². The average molecular weight is 387 g/mol. The van der Waals surface area contributed by atoms with Gasteiger partial charge in [-0.2, -0.15) is 0 Å². The predicted molar refractivity (Wildman–Crippen MR) is 111 cm³/mol. The zero-order valence-corrected chi connectivity index (χ0v) is 17.6. The van der Waals surface area contributed by atoms with E-state index in [4.69, 9.17) is 0 Å². The van der Waals surface area contributed by atoms with Crippen molar-refractivity contribution in [3.8, 4) is 0 Å². The van der Waals surface area contributed by atoms with Gasteiger partial charge in [0.1, 0.15) is 6.04 Å². The molecular weight excluding hydrogens is 352 g/mol. The van der Waals surface area contributed by atoms with Crippen molar-refractivity contribution in [2.45, 2.75) is 59.0 Å². The van der Waals surface area contributed by atoms with Gasteiger partial charge in [0.15, 0.2) is 0 Å². The molecule has 0 spiro atoms. The second kappa shape index (κ2) is 9.05. The molecule has 2 unspecified atom stereocenters. The van der Waals surface area contributed by atoms with Gasteiger partial charge in [-0.1, -0.05) is 32.0 Å². The van der Waals surface area contributed by atoms with E-state index in [1.807, 2.05) is 9.80 Å². The third-order valence-corrected chi connectivity index (χ3v) is 6.37. The molecule has 2 saturated heterocycles. The molecule has 0 aromatic heterocycles. The Kier molecular flexibility index (Phi) is 6.73. The number of amides is 2. The fourth-order valence-electron chi connectivity index (χ4n) is 4.18. The molecule has 2 aliphatic heterocycles. The van der Waals surface area contributed by atoms with Crippen LogP contribution >= 0.6 is 0 Å². The van der Waals surface area contributed by atoms with Crippen LogP contribution in [-0.4, -0.2) is 53.8 Å². The molecule has 28 heavy (non-hydrogen) atoms. The van der Waals surface area contributed by atoms with Crippen LogP contribution in [0, 0.1) is 19.8 Å². The second-order valence-corrected chi connectivity index (χ2v) is 8.14. The first-order chi connectivity index (χ1) is 13.4. The number of nitrogens with one attached hydrogen (secondary N) is 2. The van der Waals surface area contributed by atoms with E-state index >= 15 is 0 Å². The van der Waals surface area contributed by atoms with Crippen LogP contribution in [0.4, 0.5) is 0 Å². The second-order valence-electron chi connectivity index (χ2n) is 8.14. The lowest BCUT2D eigenvalue weighted by Gasteiger charge is -2.37. The molecule has 0 bridgehead atoms. The van der Waals surface area contributed by atoms with Crippen LogP contribution in [0.3, 0.4) is 0 Å². The highest BCUT2D eigenvalue weighted by atomic mass is 16.2. The lowest BCUT2D eigenvalue weighted by atomic mass is 9.97. The number of carbonyl (C=O) groups is 2. The first-order valence-electron chi connectivity index (χ1n) is 10.6. The third kappa shape index (κ3) is 4.39. The SMILES string of the molecule is CCC(CC)C(=O)N1CCN(C(=O)C2CC(c3ccc(C)c(C)c3)NN2)CC1. The van der Waals surface area contributed by atoms with Crippen LogP contribution in [-0.2, 0) is 9.59 Å². The van der Waals surface area contributed by atoms with E-state index in [2.05, 4.69) is 56.7 Å². The Bertz CT molecular complexity index is 708. The highest BCUT2D eigenvalue weighted by molar-refractivity contribution is 5.83. The molecule has 6 heteroatoms. The summed E-state index contributed by atoms with van der Waals surface area (Å²) in [6.45, 7) is 10.9. The molecule has 2 fully saturated rings. The number of nitrogens with zero attached hydrogens (tertiary/aromatic N) is 2. The van der Waals surface area contributed by atoms with Crippen molar-refractivity contribution in [2.24, 2.45) is 5.92 Å². The Labute approximate surface area is 168 Å². The summed E-state index contributed by atoms with van der Waals surface area (Å²) in [5.74, 6) is 0.489. The smallest absolute Gasteiger partial charge is 0.241 e. The monoisotopic (exact) mass is 386 g/mol. The van der Waals surface area contributed by atoms with Gasteiger partial charge in [0.2, 0.25) is 11.8 Å². The topological polar surface area (TPSA) is 64.7 Å². The molecule has 154 valence electrons. The molecule has 0 saturated carbocycles. The summed E-state index contributed by atoms with van der Waals surface area (Å²) in [4.78, 5) is 29.3. The largest absolute Gasteiger partial charge is 0.339 e. The number of aryl methyl sites for hydroxylation is 2. The molecule has 1 aromatic rings. The van der Waals surface area contributed by atoms with Gasteiger partial charge in [0.05, 0.1) is 0 Å². The standard InChI is InChI=1S/C22H34N4O2/c1-5-17(6-2)21(27)25-9-11-26(12-10-25)22(28)20-14-19(23-24-20)18-8-7-15(3)16(4)13-18/h7-8,13,17,19-20,23-24H,5-6,9-12,14H2,1-4H3. The molecule has 2 heterocycles. The summed E-state index contributed by atoms with van der Waals surface area (Å²) in [5.41, 5.74) is 10.2. The van der Waals surface area contributed by atoms with Crippen molar-refractivity contribution >= 4 is 11.8 Å². The molecule has 1 aromatic carbocycles. The van der Waals surface area contributed by atoms with Gasteiger partial charge in [-0.05, 0) is 49.8 Å². The summed E-state index contributed by atoms with van der Waals surface area (Å²) in [6.07, 6.45) is 2.51. The van der Waals surface area contributed by atoms with Crippen molar-refractivity contribution in [1.29, 1.82) is 0 Å². The number of rotatable bonds is 5. The molecule has 2 aliphatic rings. The van der Waals surface area contributed by atoms with E-state index < -0.39 is 0 Å². The Balaban J connectivity index is 1.53. The minimum atomic E-state index is -0.215. The maximum atomic E-state index is 12.9. The summed E-state index contributed by atoms with van der Waals surface area (Å²) >= 11 is 0. The molecule has 0 aliphatic carbocycles. The summed E-state index contributed by atoms with van der Waals surface area (Å²) in [5, 5.41) is 0. The van der Waals surface area contributed by atoms with E-state index in [0.717, 1.165) is 19.3 Å². The van der Waals surface area contributed by atoms with E-state index in [1.54, 1.807) is 0 Å². The number of hydrazine groups is 1. The molecule has 2 N–H and O–H groups in total. The van der Waals surface area contributed by atoms with Gasteiger partial charge in [-0.15, -0.1) is 0 Å². The molecule has 6 nitrogen and oxygen atoms in total. The van der Waals surface area contributed by atoms with Crippen molar-refractivity contribution in [3.05, 3.63) is 34.9 Å². The van der Waals surface area contributed by atoms with Crippen LogP contribution < -0.4 is 10.9 Å². The van der Waals surface area contributed by atoms with Gasteiger partial charge in [0.25, 0.3) is 0 Å². The Morgan fingerprint density at radius 1 is 1.00 bits per heavy atom. The van der Waals surface area contributed by atoms with Crippen molar-refractivity contribution in [2.75, 3.05) is 26.2 Å². The van der Waals surface area contributed by atoms with E-state index in [-0.39, 0.29) is 29.8 Å². The van der Waals surface area contributed by atoms with E-state index in [0.29, 0.717) is 26.2 Å². The van der Waals surface area contributed by atoms with Crippen molar-refractivity contribution < 1.29 is 9.59 Å². The van der Waals surface area contributed by atoms with Crippen LogP contribution in [0.25, 0.3) is 0 Å². The maximum absolute atomic E-state index is 12.9. The Morgan fingerprint density at radius 3 is 2.25 bits per heavy atom. The normalized spacial score (nSPS) is 22.8. The molecule has 2 atom stereocenters. The van der Waals surface area contributed by atoms with Crippen LogP contribution in [0.5, 0.6) is 0 Å². The summed E-state index contributed by atoms with van der Waals surface area (Å²) in [6, 6.07) is 6.40. The minimum absolute atomic E-state index is 0.113. The molecule has 3 rings (SSSR count). The van der Waals surface area contributed by atoms with Crippen LogP contribution in [0.1, 0.15) is 55.8 Å². The Hall–Kier alpha value is -1.92. The highest BCUT2D eigenvalue weighted by Crippen LogP contribution is 2.25. The van der Waals surface area contributed by atoms with E-state index in [9.17, 15) is 9.59 Å². The van der Waals surface area contributed by atoms with Crippen LogP contribution in [0.2, 0.25) is 0 Å². The van der Waals surface area contributed by atoms with Crippen LogP contribution in [0.15, 0.2) is 18.2 Å². The summed E-state index contributed by atoms with van der Waals surface area (Å²) < 4.78 is 0. The number of benzene rings is 1. The van der Waals surface area contributed by atoms with E-state index in [1.165, 1.54) is 16.7 Å². The van der Waals surface area contributed by atoms with Gasteiger partial charge in [0, 0.05) is 38.1 Å². The molecular formula is C22H34N4O2. The lowest BCUT2D eigenvalue weighted by molar-refractivity contribution is -0.143. The van der Waals surface area contributed by atoms with Gasteiger partial charge in [-0.3, -0.25) is 9.59 Å². The highest BCUT2D eigenvalue weighted by Gasteiger charge is 2.35. The lowest BCUT2D eigenvalue weighted by Crippen LogP contribution is -2.55. The number of piperazine rings is 1. The number of hydrogen-bond acceptors (Lipinski definition) is 4. The average Bonchev–Trinajstić information content (AvgIpc) is 3.20. The zero-order chi connectivity index (χ0) is 20.3. The third-order valence-electron chi connectivity index (χ3n) is 6.37. The minimum Gasteiger partial charge on any atom is -0.339 e. The van der Waals surface area contributed by atoms with Gasteiger partial charge in [-0.25, -0.2) is 10.9 Å². The quantitative estimate of drug-likeness (QED) is 0.815. The predicted octanol–water partition coefficient (Wildman–Crippen LogP) is 2.32.